The molecule has 1 aromatic heterocycles. The fourth-order valence-electron chi connectivity index (χ4n) is 4.39. The maximum absolute atomic E-state index is 13.1. The van der Waals surface area contributed by atoms with Crippen molar-refractivity contribution in [3.63, 3.8) is 0 Å². The lowest BCUT2D eigenvalue weighted by atomic mass is 9.93. The van der Waals surface area contributed by atoms with E-state index in [-0.39, 0.29) is 17.9 Å². The van der Waals surface area contributed by atoms with Crippen LogP contribution in [0.4, 0.5) is 5.82 Å². The summed E-state index contributed by atoms with van der Waals surface area (Å²) in [7, 11) is 0. The molecule has 1 aromatic carbocycles. The number of amides is 1. The van der Waals surface area contributed by atoms with Crippen LogP contribution in [-0.4, -0.2) is 34.9 Å². The number of benzene rings is 1. The second-order valence-electron chi connectivity index (χ2n) is 7.68. The molecule has 0 aliphatic carbocycles. The molecule has 27 heavy (non-hydrogen) atoms. The van der Waals surface area contributed by atoms with Crippen molar-refractivity contribution in [3.05, 3.63) is 58.8 Å². The third-order valence-corrected chi connectivity index (χ3v) is 5.73. The van der Waals surface area contributed by atoms with Crippen LogP contribution in [-0.2, 0) is 11.3 Å². The van der Waals surface area contributed by atoms with Crippen LogP contribution >= 0.6 is 0 Å². The summed E-state index contributed by atoms with van der Waals surface area (Å²) in [6, 6.07) is 14.6. The molecule has 5 nitrogen and oxygen atoms in total. The van der Waals surface area contributed by atoms with Gasteiger partial charge in [-0.1, -0.05) is 30.3 Å². The van der Waals surface area contributed by atoms with Crippen molar-refractivity contribution in [2.45, 2.75) is 39.3 Å². The fraction of sp³-hybridized carbons (Fsp3) is 0.409. The van der Waals surface area contributed by atoms with Gasteiger partial charge < -0.3 is 9.80 Å². The van der Waals surface area contributed by atoms with Crippen LogP contribution in [0.2, 0.25) is 0 Å². The van der Waals surface area contributed by atoms with Gasteiger partial charge in [-0.2, -0.15) is 5.26 Å². The molecule has 5 rings (SSSR count). The highest BCUT2D eigenvalue weighted by molar-refractivity contribution is 5.81. The van der Waals surface area contributed by atoms with Gasteiger partial charge >= 0.3 is 0 Å². The van der Waals surface area contributed by atoms with Gasteiger partial charge in [0.2, 0.25) is 5.91 Å². The summed E-state index contributed by atoms with van der Waals surface area (Å²) in [5.74, 6) is 0.948. The van der Waals surface area contributed by atoms with Crippen molar-refractivity contribution < 1.29 is 4.79 Å². The van der Waals surface area contributed by atoms with E-state index in [2.05, 4.69) is 28.1 Å². The van der Waals surface area contributed by atoms with Crippen molar-refractivity contribution >= 4 is 11.7 Å². The van der Waals surface area contributed by atoms with Crippen LogP contribution in [0.5, 0.6) is 0 Å². The number of piperidine rings is 1. The Bertz CT molecular complexity index is 903. The molecule has 3 aliphatic rings. The van der Waals surface area contributed by atoms with E-state index in [9.17, 15) is 10.1 Å². The van der Waals surface area contributed by atoms with E-state index >= 15 is 0 Å². The summed E-state index contributed by atoms with van der Waals surface area (Å²) < 4.78 is 0. The second kappa shape index (κ2) is 7.03. The summed E-state index contributed by atoms with van der Waals surface area (Å²) in [6.07, 6.45) is 1.92. The number of rotatable bonds is 3. The number of hydrogen-bond donors (Lipinski definition) is 0. The number of fused-ring (bicyclic) bond motifs is 4. The first-order valence-electron chi connectivity index (χ1n) is 9.54. The standard InChI is InChI=1S/C22H24N4O/c1-15-10-16(2)24-21(20(15)11-23)25-13-18-8-9-19(14-25)26(22(18)27)12-17-6-4-3-5-7-17/h3-7,10,18-19H,8-9,12-14H2,1-2H3/t18-,19+/m0/s1. The zero-order chi connectivity index (χ0) is 19.0. The summed E-state index contributed by atoms with van der Waals surface area (Å²) in [5, 5.41) is 9.64. The lowest BCUT2D eigenvalue weighted by Gasteiger charge is -2.36. The molecule has 4 heterocycles. The zero-order valence-electron chi connectivity index (χ0n) is 15.9. The first-order valence-corrected chi connectivity index (χ1v) is 9.54. The van der Waals surface area contributed by atoms with Crippen molar-refractivity contribution in [2.24, 2.45) is 5.92 Å². The van der Waals surface area contributed by atoms with Crippen LogP contribution < -0.4 is 4.90 Å². The normalized spacial score (nSPS) is 21.9. The number of aryl methyl sites for hydroxylation is 2. The van der Waals surface area contributed by atoms with Crippen molar-refractivity contribution in [1.29, 1.82) is 5.26 Å². The highest BCUT2D eigenvalue weighted by atomic mass is 16.2. The number of aromatic nitrogens is 1. The molecule has 138 valence electrons. The maximum Gasteiger partial charge on any atom is 0.228 e. The Labute approximate surface area is 160 Å². The number of carbonyl (C=O) groups is 1. The molecule has 5 heteroatoms. The molecule has 3 saturated heterocycles. The minimum atomic E-state index is -0.0263. The van der Waals surface area contributed by atoms with Crippen LogP contribution in [0.1, 0.15) is 35.2 Å². The minimum Gasteiger partial charge on any atom is -0.353 e. The summed E-state index contributed by atoms with van der Waals surface area (Å²) in [5.41, 5.74) is 3.64. The Morgan fingerprint density at radius 1 is 1.19 bits per heavy atom. The van der Waals surface area contributed by atoms with Gasteiger partial charge in [0.25, 0.3) is 0 Å². The average molecular weight is 360 g/mol. The third kappa shape index (κ3) is 3.28. The number of anilines is 1. The lowest BCUT2D eigenvalue weighted by molar-refractivity contribution is -0.140. The fourth-order valence-corrected chi connectivity index (χ4v) is 4.39. The number of pyridine rings is 1. The smallest absolute Gasteiger partial charge is 0.228 e. The molecule has 0 N–H and O–H groups in total. The van der Waals surface area contributed by atoms with Gasteiger partial charge in [-0.15, -0.1) is 0 Å². The predicted molar refractivity (Wildman–Crippen MR) is 104 cm³/mol. The molecule has 0 radical (unpaired) electrons. The molecule has 3 aliphatic heterocycles. The van der Waals surface area contributed by atoms with Gasteiger partial charge in [-0.25, -0.2) is 4.98 Å². The number of nitriles is 1. The summed E-state index contributed by atoms with van der Waals surface area (Å²) in [4.78, 5) is 22.0. The van der Waals surface area contributed by atoms with Gasteiger partial charge in [-0.3, -0.25) is 4.79 Å². The van der Waals surface area contributed by atoms with Crippen molar-refractivity contribution in [3.8, 4) is 6.07 Å². The van der Waals surface area contributed by atoms with Crippen LogP contribution in [0, 0.1) is 31.1 Å². The molecule has 1 amide bonds. The number of carbonyl (C=O) groups excluding carboxylic acids is 1. The minimum absolute atomic E-state index is 0.0263. The van der Waals surface area contributed by atoms with Gasteiger partial charge in [0.05, 0.1) is 11.5 Å². The first-order chi connectivity index (χ1) is 13.1. The number of hydrogen-bond acceptors (Lipinski definition) is 4. The molecular formula is C22H24N4O. The van der Waals surface area contributed by atoms with Crippen LogP contribution in [0.15, 0.2) is 36.4 Å². The third-order valence-electron chi connectivity index (χ3n) is 5.73. The van der Waals surface area contributed by atoms with E-state index in [1.807, 2.05) is 43.0 Å². The largest absolute Gasteiger partial charge is 0.353 e. The van der Waals surface area contributed by atoms with E-state index < -0.39 is 0 Å². The molecule has 2 bridgehead atoms. The molecule has 2 atom stereocenters. The van der Waals surface area contributed by atoms with E-state index in [1.54, 1.807) is 0 Å². The highest BCUT2D eigenvalue weighted by Crippen LogP contribution is 2.33. The van der Waals surface area contributed by atoms with E-state index in [0.717, 1.165) is 42.0 Å². The molecule has 0 unspecified atom stereocenters. The molecule has 2 aromatic rings. The van der Waals surface area contributed by atoms with Crippen LogP contribution in [0.3, 0.4) is 0 Å². The quantitative estimate of drug-likeness (QED) is 0.843. The Morgan fingerprint density at radius 3 is 2.70 bits per heavy atom. The van der Waals surface area contributed by atoms with Gasteiger partial charge in [0.1, 0.15) is 11.9 Å². The predicted octanol–water partition coefficient (Wildman–Crippen LogP) is 3.20. The Kier molecular flexibility index (Phi) is 4.57. The van der Waals surface area contributed by atoms with E-state index in [0.29, 0.717) is 18.7 Å². The second-order valence-corrected chi connectivity index (χ2v) is 7.68. The van der Waals surface area contributed by atoms with Crippen molar-refractivity contribution in [2.75, 3.05) is 18.0 Å². The average Bonchev–Trinajstić information content (AvgIpc) is 2.95. The Morgan fingerprint density at radius 2 is 1.96 bits per heavy atom. The van der Waals surface area contributed by atoms with Gasteiger partial charge in [-0.05, 0) is 43.9 Å². The number of nitrogens with zero attached hydrogens (tertiary/aromatic N) is 4. The molecule has 0 spiro atoms. The van der Waals surface area contributed by atoms with Gasteiger partial charge in [0, 0.05) is 31.4 Å². The topological polar surface area (TPSA) is 60.2 Å². The van der Waals surface area contributed by atoms with E-state index in [1.165, 1.54) is 0 Å². The SMILES string of the molecule is Cc1cc(C)c(C#N)c(N2C[C@@H]3CC[C@H](C2)N(Cc2ccccc2)C3=O)n1. The molecular weight excluding hydrogens is 336 g/mol. The lowest BCUT2D eigenvalue weighted by Crippen LogP contribution is -2.47. The Hall–Kier alpha value is -2.87. The van der Waals surface area contributed by atoms with Gasteiger partial charge in [0.15, 0.2) is 0 Å². The molecule has 0 saturated carbocycles. The maximum atomic E-state index is 13.1. The molecule has 3 fully saturated rings. The highest BCUT2D eigenvalue weighted by Gasteiger charge is 2.41. The Balaban J connectivity index is 1.66. The van der Waals surface area contributed by atoms with Crippen molar-refractivity contribution in [1.82, 2.24) is 9.88 Å². The zero-order valence-corrected chi connectivity index (χ0v) is 15.9. The van der Waals surface area contributed by atoms with Crippen LogP contribution in [0.25, 0.3) is 0 Å². The van der Waals surface area contributed by atoms with E-state index in [4.69, 9.17) is 0 Å². The first kappa shape index (κ1) is 17.5. The summed E-state index contributed by atoms with van der Waals surface area (Å²) >= 11 is 0. The monoisotopic (exact) mass is 360 g/mol. The summed E-state index contributed by atoms with van der Waals surface area (Å²) in [6.45, 7) is 5.94.